The number of hydrogen-bond acceptors (Lipinski definition) is 8. The molecule has 1 aromatic carbocycles. The first-order valence-electron chi connectivity index (χ1n) is 6.87. The van der Waals surface area contributed by atoms with Crippen LogP contribution in [0.5, 0.6) is 0 Å². The lowest BCUT2D eigenvalue weighted by atomic mass is 10.3. The third-order valence-corrected chi connectivity index (χ3v) is 3.38. The van der Waals surface area contributed by atoms with Crippen molar-refractivity contribution in [2.45, 2.75) is 12.8 Å². The number of amidine groups is 1. The van der Waals surface area contributed by atoms with Crippen molar-refractivity contribution < 1.29 is 29.0 Å². The quantitative estimate of drug-likeness (QED) is 0.220. The molecule has 0 unspecified atom stereocenters. The minimum atomic E-state index is -0.934. The lowest BCUT2D eigenvalue weighted by Gasteiger charge is -2.06. The zero-order valence-corrected chi connectivity index (χ0v) is 14.2. The van der Waals surface area contributed by atoms with Gasteiger partial charge in [-0.1, -0.05) is 0 Å². The average Bonchev–Trinajstić information content (AvgIpc) is 3.03. The Labute approximate surface area is 148 Å². The van der Waals surface area contributed by atoms with E-state index in [9.17, 15) is 14.4 Å². The van der Waals surface area contributed by atoms with E-state index >= 15 is 0 Å². The molecule has 12 heteroatoms. The maximum atomic E-state index is 13.2. The number of rotatable bonds is 8. The van der Waals surface area contributed by atoms with E-state index in [1.165, 1.54) is 18.2 Å². The van der Waals surface area contributed by atoms with Crippen molar-refractivity contribution in [3.63, 3.8) is 0 Å². The number of nitrogens with zero attached hydrogens (tertiary/aromatic N) is 3. The van der Waals surface area contributed by atoms with E-state index in [2.05, 4.69) is 41.3 Å². The van der Waals surface area contributed by atoms with Gasteiger partial charge in [-0.15, -0.1) is 0 Å². The second kappa shape index (κ2) is 9.05. The van der Waals surface area contributed by atoms with Crippen molar-refractivity contribution in [2.75, 3.05) is 12.1 Å². The number of hydroxylamine groups is 1. The van der Waals surface area contributed by atoms with Gasteiger partial charge in [0, 0.05) is 6.42 Å². The molecular formula is C13H13BrFN5O5. The van der Waals surface area contributed by atoms with Gasteiger partial charge in [0.1, 0.15) is 5.82 Å². The molecule has 10 nitrogen and oxygen atoms in total. The highest BCUT2D eigenvalue weighted by molar-refractivity contribution is 9.10. The summed E-state index contributed by atoms with van der Waals surface area (Å²) in [6.45, 7) is 0.0997. The van der Waals surface area contributed by atoms with Crippen LogP contribution in [0.4, 0.5) is 15.9 Å². The number of aliphatic carboxylic acids is 1. The Kier molecular flexibility index (Phi) is 6.80. The molecule has 0 amide bonds. The van der Waals surface area contributed by atoms with Gasteiger partial charge in [0.2, 0.25) is 5.82 Å². The summed E-state index contributed by atoms with van der Waals surface area (Å²) in [5, 5.41) is 24.9. The number of carbonyl (C=O) groups is 1. The van der Waals surface area contributed by atoms with Gasteiger partial charge < -0.3 is 5.11 Å². The minimum absolute atomic E-state index is 0.00109. The number of carboxylic acid groups (broad SMARTS) is 1. The second-order valence-corrected chi connectivity index (χ2v) is 5.43. The van der Waals surface area contributed by atoms with Crippen LogP contribution in [0.15, 0.2) is 32.3 Å². The van der Waals surface area contributed by atoms with E-state index in [-0.39, 0.29) is 41.3 Å². The van der Waals surface area contributed by atoms with E-state index in [1.807, 2.05) is 5.48 Å². The SMILES string of the molecule is O=C(O)CCCONc1nonc1C(=Nc1ccc(F)c(Br)c1)NO. The molecule has 2 aromatic rings. The van der Waals surface area contributed by atoms with Crippen LogP contribution in [0.1, 0.15) is 18.5 Å². The first-order chi connectivity index (χ1) is 12.0. The third kappa shape index (κ3) is 5.48. The molecular weight excluding hydrogens is 405 g/mol. The van der Waals surface area contributed by atoms with Crippen LogP contribution in [0.3, 0.4) is 0 Å². The highest BCUT2D eigenvalue weighted by Crippen LogP contribution is 2.23. The summed E-state index contributed by atoms with van der Waals surface area (Å²) < 4.78 is 18.0. The Morgan fingerprint density at radius 2 is 2.24 bits per heavy atom. The van der Waals surface area contributed by atoms with Crippen molar-refractivity contribution in [2.24, 2.45) is 4.99 Å². The molecule has 0 aliphatic heterocycles. The predicted octanol–water partition coefficient (Wildman–Crippen LogP) is 2.24. The monoisotopic (exact) mass is 417 g/mol. The van der Waals surface area contributed by atoms with Gasteiger partial charge in [0.25, 0.3) is 0 Å². The molecule has 0 spiro atoms. The molecule has 2 rings (SSSR count). The summed E-state index contributed by atoms with van der Waals surface area (Å²) >= 11 is 3.03. The van der Waals surface area contributed by atoms with E-state index in [1.54, 1.807) is 0 Å². The molecule has 25 heavy (non-hydrogen) atoms. The summed E-state index contributed by atoms with van der Waals surface area (Å²) in [5.41, 5.74) is 4.60. The number of aliphatic imine (C=N–C) groups is 1. The molecule has 1 heterocycles. The van der Waals surface area contributed by atoms with Gasteiger partial charge in [0.15, 0.2) is 11.5 Å². The van der Waals surface area contributed by atoms with Crippen molar-refractivity contribution >= 4 is 39.2 Å². The van der Waals surface area contributed by atoms with Crippen LogP contribution in [-0.4, -0.2) is 39.0 Å². The Morgan fingerprint density at radius 1 is 1.44 bits per heavy atom. The maximum Gasteiger partial charge on any atom is 0.303 e. The largest absolute Gasteiger partial charge is 0.481 e. The molecule has 0 bridgehead atoms. The van der Waals surface area contributed by atoms with Crippen LogP contribution in [0.2, 0.25) is 0 Å². The summed E-state index contributed by atoms with van der Waals surface area (Å²) in [6, 6.07) is 3.99. The van der Waals surface area contributed by atoms with Gasteiger partial charge in [-0.05, 0) is 50.9 Å². The van der Waals surface area contributed by atoms with Crippen LogP contribution < -0.4 is 11.0 Å². The van der Waals surface area contributed by atoms with Crippen LogP contribution in [0.25, 0.3) is 0 Å². The van der Waals surface area contributed by atoms with Gasteiger partial charge in [-0.3, -0.25) is 20.3 Å². The lowest BCUT2D eigenvalue weighted by Crippen LogP contribution is -2.22. The second-order valence-electron chi connectivity index (χ2n) is 4.58. The van der Waals surface area contributed by atoms with Crippen molar-refractivity contribution in [1.29, 1.82) is 0 Å². The number of halogens is 2. The number of benzene rings is 1. The first kappa shape index (κ1) is 18.8. The van der Waals surface area contributed by atoms with Crippen LogP contribution in [-0.2, 0) is 9.63 Å². The van der Waals surface area contributed by atoms with Gasteiger partial charge in [0.05, 0.1) is 16.8 Å². The number of hydrogen-bond donors (Lipinski definition) is 4. The number of anilines is 1. The van der Waals surface area contributed by atoms with E-state index in [0.717, 1.165) is 0 Å². The fourth-order valence-corrected chi connectivity index (χ4v) is 2.01. The molecule has 0 radical (unpaired) electrons. The Balaban J connectivity index is 2.08. The Bertz CT molecular complexity index is 769. The summed E-state index contributed by atoms with van der Waals surface area (Å²) in [6.07, 6.45) is 0.238. The molecule has 0 saturated carbocycles. The molecule has 0 aliphatic carbocycles. The molecule has 1 aromatic heterocycles. The normalized spacial score (nSPS) is 11.4. The highest BCUT2D eigenvalue weighted by Gasteiger charge is 2.17. The third-order valence-electron chi connectivity index (χ3n) is 2.77. The lowest BCUT2D eigenvalue weighted by molar-refractivity contribution is -0.137. The predicted molar refractivity (Wildman–Crippen MR) is 86.0 cm³/mol. The average molecular weight is 418 g/mol. The van der Waals surface area contributed by atoms with E-state index in [4.69, 9.17) is 9.94 Å². The standard InChI is InChI=1S/C13H13BrFN5O5/c14-8-6-7(3-4-9(8)15)16-12(17-23)11-13(20-25-18-11)19-24-5-1-2-10(21)22/h3-4,6,23H,1-2,5H2,(H,16,17)(H,19,20)(H,21,22). The summed E-state index contributed by atoms with van der Waals surface area (Å²) in [7, 11) is 0. The summed E-state index contributed by atoms with van der Waals surface area (Å²) in [4.78, 5) is 19.5. The Hall–Kier alpha value is -2.57. The number of aromatic nitrogens is 2. The first-order valence-corrected chi connectivity index (χ1v) is 7.67. The zero-order valence-electron chi connectivity index (χ0n) is 12.6. The molecule has 0 saturated heterocycles. The molecule has 134 valence electrons. The van der Waals surface area contributed by atoms with Crippen LogP contribution >= 0.6 is 15.9 Å². The number of nitrogens with one attached hydrogen (secondary N) is 2. The van der Waals surface area contributed by atoms with Crippen molar-refractivity contribution in [1.82, 2.24) is 15.8 Å². The summed E-state index contributed by atoms with van der Waals surface area (Å²) in [5.74, 6) is -1.51. The van der Waals surface area contributed by atoms with Gasteiger partial charge in [-0.25, -0.2) is 19.5 Å². The van der Waals surface area contributed by atoms with Crippen molar-refractivity contribution in [3.05, 3.63) is 34.2 Å². The topological polar surface area (TPSA) is 142 Å². The van der Waals surface area contributed by atoms with E-state index < -0.39 is 11.8 Å². The van der Waals surface area contributed by atoms with Gasteiger partial charge in [-0.2, -0.15) is 0 Å². The van der Waals surface area contributed by atoms with Crippen molar-refractivity contribution in [3.8, 4) is 0 Å². The number of carboxylic acids is 1. The highest BCUT2D eigenvalue weighted by atomic mass is 79.9. The smallest absolute Gasteiger partial charge is 0.303 e. The fourth-order valence-electron chi connectivity index (χ4n) is 1.64. The van der Waals surface area contributed by atoms with Crippen LogP contribution in [0, 0.1) is 5.82 Å². The molecule has 0 aliphatic rings. The molecule has 4 N–H and O–H groups in total. The van der Waals surface area contributed by atoms with E-state index in [0.29, 0.717) is 5.69 Å². The van der Waals surface area contributed by atoms with Gasteiger partial charge >= 0.3 is 5.97 Å². The molecule has 0 fully saturated rings. The minimum Gasteiger partial charge on any atom is -0.481 e. The maximum absolute atomic E-state index is 13.2. The Morgan fingerprint density at radius 3 is 2.92 bits per heavy atom. The zero-order chi connectivity index (χ0) is 18.2. The fraction of sp³-hybridized carbons (Fsp3) is 0.231. The molecule has 0 atom stereocenters.